The molecule has 0 saturated heterocycles. The first-order valence-electron chi connectivity index (χ1n) is 11.2. The third kappa shape index (κ3) is 4.88. The van der Waals surface area contributed by atoms with Crippen LogP contribution in [-0.4, -0.2) is 43.6 Å². The number of phenols is 1. The van der Waals surface area contributed by atoms with Crippen LogP contribution in [0.1, 0.15) is 31.0 Å². The van der Waals surface area contributed by atoms with Gasteiger partial charge in [-0.2, -0.15) is 0 Å². The summed E-state index contributed by atoms with van der Waals surface area (Å²) >= 11 is 4.54. The predicted octanol–water partition coefficient (Wildman–Crippen LogP) is 3.29. The fourth-order valence-corrected chi connectivity index (χ4v) is 5.63. The Labute approximate surface area is 225 Å². The van der Waals surface area contributed by atoms with E-state index in [1.807, 2.05) is 0 Å². The maximum atomic E-state index is 13.8. The molecule has 0 saturated carbocycles. The summed E-state index contributed by atoms with van der Waals surface area (Å²) in [6, 6.07) is 7.59. The zero-order chi connectivity index (χ0) is 26.9. The quantitative estimate of drug-likeness (QED) is 0.422. The fourth-order valence-electron chi connectivity index (χ4n) is 4.14. The van der Waals surface area contributed by atoms with Crippen molar-refractivity contribution in [1.29, 1.82) is 0 Å². The van der Waals surface area contributed by atoms with Gasteiger partial charge < -0.3 is 24.1 Å². The molecule has 0 bridgehead atoms. The molecule has 9 nitrogen and oxygen atoms in total. The number of methoxy groups -OCH3 is 3. The lowest BCUT2D eigenvalue weighted by Gasteiger charge is -2.26. The number of rotatable bonds is 7. The molecule has 0 fully saturated rings. The molecular weight excluding hydrogens is 564 g/mol. The minimum Gasteiger partial charge on any atom is -0.504 e. The highest BCUT2D eigenvalue weighted by Crippen LogP contribution is 2.38. The molecule has 0 amide bonds. The number of ether oxygens (including phenoxy) is 4. The van der Waals surface area contributed by atoms with Crippen molar-refractivity contribution in [3.63, 3.8) is 0 Å². The SMILES string of the molecule is CCOC(=O)C1=C(C)N=c2s/c(=C\c3cc(Br)cc(OC)c3O)c(=O)n2[C@H]1c1cc(OC)ccc1OC. The summed E-state index contributed by atoms with van der Waals surface area (Å²) in [6.45, 7) is 3.57. The van der Waals surface area contributed by atoms with Crippen LogP contribution in [0.2, 0.25) is 0 Å². The van der Waals surface area contributed by atoms with Gasteiger partial charge in [0, 0.05) is 15.6 Å². The zero-order valence-corrected chi connectivity index (χ0v) is 23.2. The second-order valence-corrected chi connectivity index (χ2v) is 9.88. The van der Waals surface area contributed by atoms with Gasteiger partial charge in [0.2, 0.25) is 0 Å². The number of aromatic hydroxyl groups is 1. The Morgan fingerprint density at radius 3 is 2.54 bits per heavy atom. The second kappa shape index (κ2) is 10.8. The Hall–Kier alpha value is -3.57. The van der Waals surface area contributed by atoms with Gasteiger partial charge in [-0.05, 0) is 50.3 Å². The summed E-state index contributed by atoms with van der Waals surface area (Å²) < 4.78 is 24.0. The second-order valence-electron chi connectivity index (χ2n) is 7.96. The number of aromatic nitrogens is 1. The Balaban J connectivity index is 2.03. The van der Waals surface area contributed by atoms with Gasteiger partial charge in [0.1, 0.15) is 17.5 Å². The third-order valence-electron chi connectivity index (χ3n) is 5.82. The van der Waals surface area contributed by atoms with Crippen molar-refractivity contribution in [2.24, 2.45) is 4.99 Å². The Morgan fingerprint density at radius 1 is 1.16 bits per heavy atom. The smallest absolute Gasteiger partial charge is 0.338 e. The van der Waals surface area contributed by atoms with Crippen LogP contribution in [-0.2, 0) is 9.53 Å². The number of esters is 1. The van der Waals surface area contributed by atoms with Crippen LogP contribution in [0.25, 0.3) is 6.08 Å². The molecule has 2 heterocycles. The van der Waals surface area contributed by atoms with Crippen molar-refractivity contribution < 1.29 is 28.8 Å². The normalized spacial score (nSPS) is 15.2. The van der Waals surface area contributed by atoms with E-state index >= 15 is 0 Å². The van der Waals surface area contributed by atoms with Crippen molar-refractivity contribution in [3.8, 4) is 23.0 Å². The van der Waals surface area contributed by atoms with Gasteiger partial charge in [0.05, 0.1) is 43.7 Å². The number of benzene rings is 2. The van der Waals surface area contributed by atoms with Crippen LogP contribution in [0.5, 0.6) is 23.0 Å². The Kier molecular flexibility index (Phi) is 7.74. The number of nitrogens with zero attached hydrogens (tertiary/aromatic N) is 2. The van der Waals surface area contributed by atoms with Crippen LogP contribution >= 0.6 is 27.3 Å². The molecule has 1 N–H and O–H groups in total. The maximum Gasteiger partial charge on any atom is 0.338 e. The van der Waals surface area contributed by atoms with Crippen molar-refractivity contribution in [3.05, 3.63) is 76.9 Å². The van der Waals surface area contributed by atoms with E-state index in [1.54, 1.807) is 50.3 Å². The molecule has 1 atom stereocenters. The van der Waals surface area contributed by atoms with Crippen molar-refractivity contribution in [2.75, 3.05) is 27.9 Å². The Bertz CT molecular complexity index is 1590. The minimum absolute atomic E-state index is 0.106. The van der Waals surface area contributed by atoms with Crippen LogP contribution in [0.15, 0.2) is 55.9 Å². The van der Waals surface area contributed by atoms with Crippen molar-refractivity contribution in [1.82, 2.24) is 4.57 Å². The largest absolute Gasteiger partial charge is 0.504 e. The summed E-state index contributed by atoms with van der Waals surface area (Å²) in [5.41, 5.74) is 1.17. The highest BCUT2D eigenvalue weighted by molar-refractivity contribution is 9.10. The van der Waals surface area contributed by atoms with Gasteiger partial charge in [0.15, 0.2) is 16.3 Å². The highest BCUT2D eigenvalue weighted by atomic mass is 79.9. The lowest BCUT2D eigenvalue weighted by atomic mass is 9.94. The average molecular weight is 589 g/mol. The van der Waals surface area contributed by atoms with Gasteiger partial charge in [-0.1, -0.05) is 27.3 Å². The number of thiazole rings is 1. The van der Waals surface area contributed by atoms with E-state index in [-0.39, 0.29) is 23.7 Å². The van der Waals surface area contributed by atoms with Crippen molar-refractivity contribution in [2.45, 2.75) is 19.9 Å². The average Bonchev–Trinajstić information content (AvgIpc) is 3.18. The van der Waals surface area contributed by atoms with E-state index in [0.717, 1.165) is 11.3 Å². The molecule has 0 radical (unpaired) electrons. The molecule has 0 spiro atoms. The van der Waals surface area contributed by atoms with Gasteiger partial charge in [-0.25, -0.2) is 9.79 Å². The predicted molar refractivity (Wildman–Crippen MR) is 142 cm³/mol. The summed E-state index contributed by atoms with van der Waals surface area (Å²) in [6.07, 6.45) is 1.57. The van der Waals surface area contributed by atoms with E-state index in [9.17, 15) is 14.7 Å². The summed E-state index contributed by atoms with van der Waals surface area (Å²) in [5, 5.41) is 10.6. The zero-order valence-electron chi connectivity index (χ0n) is 20.8. The number of halogens is 1. The summed E-state index contributed by atoms with van der Waals surface area (Å²) in [4.78, 5) is 31.9. The van der Waals surface area contributed by atoms with E-state index in [0.29, 0.717) is 42.1 Å². The number of allylic oxidation sites excluding steroid dienone is 1. The lowest BCUT2D eigenvalue weighted by molar-refractivity contribution is -0.139. The van der Waals surface area contributed by atoms with Crippen LogP contribution < -0.4 is 29.1 Å². The highest BCUT2D eigenvalue weighted by Gasteiger charge is 2.35. The molecule has 37 heavy (non-hydrogen) atoms. The van der Waals surface area contributed by atoms with Crippen LogP contribution in [0, 0.1) is 0 Å². The monoisotopic (exact) mass is 588 g/mol. The van der Waals surface area contributed by atoms with Crippen LogP contribution in [0.3, 0.4) is 0 Å². The van der Waals surface area contributed by atoms with E-state index < -0.39 is 17.6 Å². The number of hydrogen-bond donors (Lipinski definition) is 1. The molecule has 194 valence electrons. The van der Waals surface area contributed by atoms with Gasteiger partial charge >= 0.3 is 5.97 Å². The number of phenolic OH excluding ortho intramolecular Hbond substituents is 1. The molecule has 11 heteroatoms. The van der Waals surface area contributed by atoms with E-state index in [2.05, 4.69) is 20.9 Å². The Morgan fingerprint density at radius 2 is 1.89 bits per heavy atom. The minimum atomic E-state index is -0.881. The van der Waals surface area contributed by atoms with Crippen molar-refractivity contribution >= 4 is 39.3 Å². The number of carbonyl (C=O) groups is 1. The van der Waals surface area contributed by atoms with Gasteiger partial charge in [-0.3, -0.25) is 9.36 Å². The first-order valence-corrected chi connectivity index (χ1v) is 12.8. The van der Waals surface area contributed by atoms with E-state index in [1.165, 1.54) is 25.9 Å². The fraction of sp³-hybridized carbons (Fsp3) is 0.269. The summed E-state index contributed by atoms with van der Waals surface area (Å²) in [5.74, 6) is 0.564. The standard InChI is InChI=1S/C26H25BrN2O7S/c1-6-36-25(32)21-13(2)28-26-29(22(21)17-12-16(33-3)7-8-18(17)34-4)24(31)20(37-26)10-14-9-15(27)11-19(35-5)23(14)30/h7-12,22,30H,6H2,1-5H3/b20-10-/t22-/m0/s1. The number of carbonyl (C=O) groups excluding carboxylic acids is 1. The molecular formula is C26H25BrN2O7S. The molecule has 1 aromatic heterocycles. The van der Waals surface area contributed by atoms with Gasteiger partial charge in [0.25, 0.3) is 5.56 Å². The van der Waals surface area contributed by atoms with Gasteiger partial charge in [-0.15, -0.1) is 0 Å². The molecule has 0 unspecified atom stereocenters. The first-order chi connectivity index (χ1) is 17.7. The molecule has 3 aromatic rings. The number of hydrogen-bond acceptors (Lipinski definition) is 9. The molecule has 2 aromatic carbocycles. The molecule has 1 aliphatic rings. The maximum absolute atomic E-state index is 13.8. The molecule has 4 rings (SSSR count). The van der Waals surface area contributed by atoms with E-state index in [4.69, 9.17) is 18.9 Å². The molecule has 0 aliphatic carbocycles. The van der Waals surface area contributed by atoms with Crippen LogP contribution in [0.4, 0.5) is 0 Å². The summed E-state index contributed by atoms with van der Waals surface area (Å²) in [7, 11) is 4.49. The topological polar surface area (TPSA) is 109 Å². The molecule has 1 aliphatic heterocycles. The number of fused-ring (bicyclic) bond motifs is 1. The lowest BCUT2D eigenvalue weighted by Crippen LogP contribution is -2.40. The third-order valence-corrected chi connectivity index (χ3v) is 7.26. The first kappa shape index (κ1) is 26.5.